The zero-order valence-corrected chi connectivity index (χ0v) is 17.8. The molecule has 0 N–H and O–H groups in total. The second-order valence-electron chi connectivity index (χ2n) is 8.26. The molecule has 0 aliphatic carbocycles. The number of nitrogens with zero attached hydrogens (tertiary/aromatic N) is 2. The van der Waals surface area contributed by atoms with E-state index >= 15 is 0 Å². The lowest BCUT2D eigenvalue weighted by Gasteiger charge is -2.41. The molecule has 0 aromatic heterocycles. The van der Waals surface area contributed by atoms with Gasteiger partial charge < -0.3 is 4.90 Å². The summed E-state index contributed by atoms with van der Waals surface area (Å²) in [4.78, 5) is 5.04. The van der Waals surface area contributed by atoms with E-state index in [-0.39, 0.29) is 0 Å². The zero-order chi connectivity index (χ0) is 20.2. The van der Waals surface area contributed by atoms with Gasteiger partial charge in [0.15, 0.2) is 0 Å². The van der Waals surface area contributed by atoms with Crippen molar-refractivity contribution >= 4 is 0 Å². The molecule has 1 fully saturated rings. The van der Waals surface area contributed by atoms with Crippen LogP contribution in [-0.4, -0.2) is 29.4 Å². The predicted octanol–water partition coefficient (Wildman–Crippen LogP) is 5.73. The molecule has 2 nitrogen and oxygen atoms in total. The second kappa shape index (κ2) is 8.84. The minimum absolute atomic E-state index is 1.00. The Bertz CT molecular complexity index is 919. The van der Waals surface area contributed by atoms with Gasteiger partial charge in [0.2, 0.25) is 0 Å². The minimum Gasteiger partial charge on any atom is -0.348 e. The fraction of sp³-hybridized carbons (Fsp3) is 0.333. The molecular formula is C27H32N2. The van der Waals surface area contributed by atoms with Gasteiger partial charge >= 0.3 is 0 Å². The van der Waals surface area contributed by atoms with Gasteiger partial charge in [-0.25, -0.2) is 0 Å². The van der Waals surface area contributed by atoms with E-state index in [1.807, 2.05) is 0 Å². The molecule has 2 aromatic rings. The molecule has 29 heavy (non-hydrogen) atoms. The first kappa shape index (κ1) is 19.7. The summed E-state index contributed by atoms with van der Waals surface area (Å²) < 4.78 is 0. The van der Waals surface area contributed by atoms with Crippen LogP contribution in [-0.2, 0) is 19.4 Å². The van der Waals surface area contributed by atoms with Crippen molar-refractivity contribution in [2.45, 2.75) is 39.7 Å². The number of hydrogen-bond acceptors (Lipinski definition) is 2. The first-order chi connectivity index (χ1) is 14.1. The summed E-state index contributed by atoms with van der Waals surface area (Å²) in [5, 5.41) is 0. The number of hydrogen-bond donors (Lipinski definition) is 0. The molecule has 0 amide bonds. The van der Waals surface area contributed by atoms with Crippen LogP contribution in [0.1, 0.15) is 37.0 Å². The molecule has 0 atom stereocenters. The number of piperazine rings is 1. The van der Waals surface area contributed by atoms with E-state index in [2.05, 4.69) is 91.0 Å². The van der Waals surface area contributed by atoms with E-state index in [4.69, 9.17) is 0 Å². The standard InChI is InChI=1S/C27H32N2/c1-4-23-10-12-25(13-11-23)18-28-16-17-29-19-26(21(2)22(3)27(29)20-28)15-14-24-8-6-5-7-9-24/h5-13,19H,2,4,14-18,20H2,1,3H3. The highest BCUT2D eigenvalue weighted by Gasteiger charge is 2.26. The van der Waals surface area contributed by atoms with Crippen molar-refractivity contribution in [1.82, 2.24) is 9.80 Å². The predicted molar refractivity (Wildman–Crippen MR) is 122 cm³/mol. The average Bonchev–Trinajstić information content (AvgIpc) is 2.77. The lowest BCUT2D eigenvalue weighted by Crippen LogP contribution is -2.43. The third-order valence-corrected chi connectivity index (χ3v) is 6.33. The van der Waals surface area contributed by atoms with E-state index < -0.39 is 0 Å². The molecule has 0 radical (unpaired) electrons. The van der Waals surface area contributed by atoms with Crippen molar-refractivity contribution in [2.75, 3.05) is 19.6 Å². The maximum absolute atomic E-state index is 4.44. The van der Waals surface area contributed by atoms with Crippen molar-refractivity contribution in [2.24, 2.45) is 0 Å². The maximum Gasteiger partial charge on any atom is 0.0394 e. The van der Waals surface area contributed by atoms with E-state index in [9.17, 15) is 0 Å². The quantitative estimate of drug-likeness (QED) is 0.628. The van der Waals surface area contributed by atoms with Crippen LogP contribution >= 0.6 is 0 Å². The second-order valence-corrected chi connectivity index (χ2v) is 8.26. The molecule has 2 heteroatoms. The lowest BCUT2D eigenvalue weighted by atomic mass is 9.90. The topological polar surface area (TPSA) is 6.48 Å². The van der Waals surface area contributed by atoms with Gasteiger partial charge in [-0.05, 0) is 59.6 Å². The van der Waals surface area contributed by atoms with Gasteiger partial charge in [-0.3, -0.25) is 4.90 Å². The largest absolute Gasteiger partial charge is 0.348 e. The number of fused-ring (bicyclic) bond motifs is 1. The average molecular weight is 385 g/mol. The van der Waals surface area contributed by atoms with Crippen LogP contribution in [0.4, 0.5) is 0 Å². The van der Waals surface area contributed by atoms with Crippen molar-refractivity contribution in [3.05, 3.63) is 106 Å². The Labute approximate surface area is 175 Å². The highest BCUT2D eigenvalue weighted by Crippen LogP contribution is 2.33. The Morgan fingerprint density at radius 1 is 0.862 bits per heavy atom. The van der Waals surface area contributed by atoms with Crippen molar-refractivity contribution in [3.8, 4) is 0 Å². The molecule has 0 saturated carbocycles. The van der Waals surface area contributed by atoms with E-state index in [1.165, 1.54) is 39.1 Å². The molecule has 1 saturated heterocycles. The summed E-state index contributed by atoms with van der Waals surface area (Å²) in [6.45, 7) is 13.1. The molecule has 150 valence electrons. The summed E-state index contributed by atoms with van der Waals surface area (Å²) in [5.74, 6) is 0. The molecule has 4 rings (SSSR count). The molecule has 0 bridgehead atoms. The van der Waals surface area contributed by atoms with Crippen LogP contribution in [0, 0.1) is 0 Å². The van der Waals surface area contributed by atoms with Gasteiger partial charge in [-0.15, -0.1) is 0 Å². The van der Waals surface area contributed by atoms with Crippen molar-refractivity contribution in [1.29, 1.82) is 0 Å². The van der Waals surface area contributed by atoms with Gasteiger partial charge in [0.05, 0.1) is 0 Å². The fourth-order valence-corrected chi connectivity index (χ4v) is 4.34. The Morgan fingerprint density at radius 2 is 1.59 bits per heavy atom. The summed E-state index contributed by atoms with van der Waals surface area (Å²) in [6, 6.07) is 19.9. The van der Waals surface area contributed by atoms with E-state index in [0.29, 0.717) is 0 Å². The first-order valence-electron chi connectivity index (χ1n) is 10.8. The van der Waals surface area contributed by atoms with Crippen LogP contribution in [0.3, 0.4) is 0 Å². The van der Waals surface area contributed by atoms with Crippen LogP contribution in [0.15, 0.2) is 89.8 Å². The smallest absolute Gasteiger partial charge is 0.0394 e. The molecule has 2 heterocycles. The number of aryl methyl sites for hydroxylation is 2. The number of rotatable bonds is 6. The van der Waals surface area contributed by atoms with Crippen LogP contribution in [0.2, 0.25) is 0 Å². The van der Waals surface area contributed by atoms with Crippen LogP contribution in [0.5, 0.6) is 0 Å². The van der Waals surface area contributed by atoms with E-state index in [1.54, 1.807) is 0 Å². The molecule has 2 aliphatic rings. The minimum atomic E-state index is 1.00. The Morgan fingerprint density at radius 3 is 2.31 bits per heavy atom. The third kappa shape index (κ3) is 4.54. The summed E-state index contributed by atoms with van der Waals surface area (Å²) in [7, 11) is 0. The Balaban J connectivity index is 1.41. The van der Waals surface area contributed by atoms with Crippen LogP contribution < -0.4 is 0 Å². The first-order valence-corrected chi connectivity index (χ1v) is 10.8. The van der Waals surface area contributed by atoms with Gasteiger partial charge in [0, 0.05) is 38.1 Å². The lowest BCUT2D eigenvalue weighted by molar-refractivity contribution is 0.198. The van der Waals surface area contributed by atoms with Gasteiger partial charge in [0.25, 0.3) is 0 Å². The molecule has 2 aromatic carbocycles. The zero-order valence-electron chi connectivity index (χ0n) is 17.8. The SMILES string of the molecule is C=C1C(CCc2ccccc2)=CN2CCN(Cc3ccc(CC)cc3)CC2=C1C. The molecule has 0 unspecified atom stereocenters. The van der Waals surface area contributed by atoms with Crippen molar-refractivity contribution < 1.29 is 0 Å². The fourth-order valence-electron chi connectivity index (χ4n) is 4.34. The summed E-state index contributed by atoms with van der Waals surface area (Å²) >= 11 is 0. The highest BCUT2D eigenvalue weighted by atomic mass is 15.3. The molecule has 2 aliphatic heterocycles. The maximum atomic E-state index is 4.44. The van der Waals surface area contributed by atoms with Crippen LogP contribution in [0.25, 0.3) is 0 Å². The molecule has 0 spiro atoms. The summed E-state index contributed by atoms with van der Waals surface area (Å²) in [5.41, 5.74) is 9.61. The number of benzene rings is 2. The van der Waals surface area contributed by atoms with E-state index in [0.717, 1.165) is 45.4 Å². The Kier molecular flexibility index (Phi) is 6.01. The Hall–Kier alpha value is -2.58. The number of allylic oxidation sites excluding steroid dienone is 3. The van der Waals surface area contributed by atoms with Gasteiger partial charge in [-0.1, -0.05) is 68.1 Å². The normalized spacial score (nSPS) is 17.4. The monoisotopic (exact) mass is 384 g/mol. The highest BCUT2D eigenvalue weighted by molar-refractivity contribution is 5.50. The van der Waals surface area contributed by atoms with Gasteiger partial charge in [0.1, 0.15) is 0 Å². The van der Waals surface area contributed by atoms with Crippen molar-refractivity contribution in [3.63, 3.8) is 0 Å². The van der Waals surface area contributed by atoms with Gasteiger partial charge in [-0.2, -0.15) is 0 Å². The summed E-state index contributed by atoms with van der Waals surface area (Å²) in [6.07, 6.45) is 5.59. The third-order valence-electron chi connectivity index (χ3n) is 6.33. The molecular weight excluding hydrogens is 352 g/mol.